The first kappa shape index (κ1) is 19.0. The van der Waals surface area contributed by atoms with Crippen molar-refractivity contribution in [3.05, 3.63) is 77.5 Å². The number of hydrogen-bond acceptors (Lipinski definition) is 6. The molecule has 8 nitrogen and oxygen atoms in total. The zero-order chi connectivity index (χ0) is 21.4. The quantitative estimate of drug-likeness (QED) is 0.520. The number of amides is 1. The second-order valence-electron chi connectivity index (χ2n) is 7.06. The Morgan fingerprint density at radius 2 is 2.03 bits per heavy atom. The lowest BCUT2D eigenvalue weighted by Gasteiger charge is -2.13. The van der Waals surface area contributed by atoms with Crippen LogP contribution in [-0.2, 0) is 29.3 Å². The number of nitrogen functional groups attached to an aromatic ring is 1. The van der Waals surface area contributed by atoms with Crippen molar-refractivity contribution in [1.82, 2.24) is 14.5 Å². The fraction of sp³-hybridized carbons (Fsp3) is 0.136. The largest absolute Gasteiger partial charge is 0.444 e. The molecule has 4 aromatic rings. The molecule has 1 amide bonds. The third-order valence-corrected chi connectivity index (χ3v) is 5.12. The summed E-state index contributed by atoms with van der Waals surface area (Å²) in [7, 11) is 0. The molecule has 0 bridgehead atoms. The fourth-order valence-corrected chi connectivity index (χ4v) is 3.69. The van der Waals surface area contributed by atoms with Gasteiger partial charge in [-0.15, -0.1) is 0 Å². The second kappa shape index (κ2) is 7.69. The van der Waals surface area contributed by atoms with Crippen LogP contribution in [0.3, 0.4) is 0 Å². The average molecular weight is 419 g/mol. The first-order valence-electron chi connectivity index (χ1n) is 9.60. The number of fused-ring (bicyclic) bond motifs is 3. The summed E-state index contributed by atoms with van der Waals surface area (Å²) in [6.45, 7) is 0.858. The van der Waals surface area contributed by atoms with Gasteiger partial charge in [0.25, 0.3) is 0 Å². The minimum atomic E-state index is -0.742. The number of nitrogens with zero attached hydrogens (tertiary/aromatic N) is 3. The maximum atomic E-state index is 14.8. The second-order valence-corrected chi connectivity index (χ2v) is 7.06. The zero-order valence-corrected chi connectivity index (χ0v) is 16.3. The van der Waals surface area contributed by atoms with E-state index in [1.54, 1.807) is 10.6 Å². The van der Waals surface area contributed by atoms with E-state index in [9.17, 15) is 9.18 Å². The molecule has 2 aromatic carbocycles. The van der Waals surface area contributed by atoms with Crippen molar-refractivity contribution in [1.29, 1.82) is 0 Å². The number of nitrogens with two attached hydrogens (primary N) is 1. The van der Waals surface area contributed by atoms with E-state index in [-0.39, 0.29) is 12.3 Å². The van der Waals surface area contributed by atoms with Crippen molar-refractivity contribution in [2.24, 2.45) is 0 Å². The first-order chi connectivity index (χ1) is 15.1. The Kier molecular flexibility index (Phi) is 4.72. The van der Waals surface area contributed by atoms with Gasteiger partial charge < -0.3 is 19.8 Å². The molecule has 1 aliphatic heterocycles. The van der Waals surface area contributed by atoms with Gasteiger partial charge in [-0.05, 0) is 17.7 Å². The van der Waals surface area contributed by atoms with Gasteiger partial charge in [0.2, 0.25) is 0 Å². The number of hydrogen-bond donors (Lipinski definition) is 2. The number of nitrogens with one attached hydrogen (secondary N) is 1. The molecule has 3 N–H and O–H groups in total. The van der Waals surface area contributed by atoms with E-state index in [4.69, 9.17) is 15.2 Å². The summed E-state index contributed by atoms with van der Waals surface area (Å²) in [6, 6.07) is 13.7. The van der Waals surface area contributed by atoms with E-state index in [2.05, 4.69) is 15.3 Å². The third-order valence-electron chi connectivity index (χ3n) is 5.12. The van der Waals surface area contributed by atoms with Crippen LogP contribution >= 0.6 is 0 Å². The standard InChI is InChI=1S/C22H18FN5O3/c23-16-8-14(6-7-17(16)27-22(29)31-9-13-4-2-1-3-5-13)28-18-11-30-10-15(18)19-20(28)21(24)26-12-25-19/h1-8,12H,9-11H2,(H,27,29)(H2,24,25,26). The van der Waals surface area contributed by atoms with Crippen LogP contribution in [0.5, 0.6) is 0 Å². The van der Waals surface area contributed by atoms with Gasteiger partial charge in [0.1, 0.15) is 29.8 Å². The maximum Gasteiger partial charge on any atom is 0.412 e. The van der Waals surface area contributed by atoms with Crippen molar-refractivity contribution in [3.63, 3.8) is 0 Å². The lowest BCUT2D eigenvalue weighted by Crippen LogP contribution is -2.14. The molecular formula is C22H18FN5O3. The molecule has 5 rings (SSSR count). The van der Waals surface area contributed by atoms with Gasteiger partial charge in [0.15, 0.2) is 5.82 Å². The van der Waals surface area contributed by atoms with Crippen molar-refractivity contribution in [2.75, 3.05) is 11.1 Å². The summed E-state index contributed by atoms with van der Waals surface area (Å²) in [5, 5.41) is 2.43. The van der Waals surface area contributed by atoms with E-state index in [0.29, 0.717) is 35.8 Å². The summed E-state index contributed by atoms with van der Waals surface area (Å²) < 4.78 is 27.3. The molecule has 2 aromatic heterocycles. The van der Waals surface area contributed by atoms with Crippen LogP contribution in [0.25, 0.3) is 16.7 Å². The number of benzene rings is 2. The van der Waals surface area contributed by atoms with Crippen LogP contribution in [0.2, 0.25) is 0 Å². The Bertz CT molecular complexity index is 1290. The predicted molar refractivity (Wildman–Crippen MR) is 112 cm³/mol. The van der Waals surface area contributed by atoms with Crippen LogP contribution in [0.4, 0.5) is 20.7 Å². The number of carbonyl (C=O) groups is 1. The predicted octanol–water partition coefficient (Wildman–Crippen LogP) is 3.92. The number of carbonyl (C=O) groups excluding carboxylic acids is 1. The monoisotopic (exact) mass is 419 g/mol. The topological polar surface area (TPSA) is 104 Å². The molecule has 3 heterocycles. The molecule has 156 valence electrons. The summed E-state index contributed by atoms with van der Waals surface area (Å²) in [6.07, 6.45) is 0.656. The van der Waals surface area contributed by atoms with Gasteiger partial charge >= 0.3 is 6.09 Å². The van der Waals surface area contributed by atoms with E-state index in [1.165, 1.54) is 18.5 Å². The van der Waals surface area contributed by atoms with Crippen molar-refractivity contribution >= 4 is 28.6 Å². The molecule has 1 aliphatic rings. The van der Waals surface area contributed by atoms with Crippen LogP contribution in [0.15, 0.2) is 54.9 Å². The molecular weight excluding hydrogens is 401 g/mol. The lowest BCUT2D eigenvalue weighted by molar-refractivity contribution is 0.132. The lowest BCUT2D eigenvalue weighted by atomic mass is 10.2. The van der Waals surface area contributed by atoms with Gasteiger partial charge in [-0.2, -0.15) is 0 Å². The van der Waals surface area contributed by atoms with E-state index < -0.39 is 11.9 Å². The highest BCUT2D eigenvalue weighted by molar-refractivity contribution is 5.91. The molecule has 0 saturated heterocycles. The Hall–Kier alpha value is -3.98. The van der Waals surface area contributed by atoms with Crippen molar-refractivity contribution < 1.29 is 18.7 Å². The molecule has 31 heavy (non-hydrogen) atoms. The highest BCUT2D eigenvalue weighted by Crippen LogP contribution is 2.35. The molecule has 0 aliphatic carbocycles. The van der Waals surface area contributed by atoms with Crippen molar-refractivity contribution in [3.8, 4) is 5.69 Å². The number of aromatic nitrogens is 3. The summed E-state index contributed by atoms with van der Waals surface area (Å²) in [5.41, 5.74) is 10.5. The first-order valence-corrected chi connectivity index (χ1v) is 9.60. The van der Waals surface area contributed by atoms with E-state index >= 15 is 0 Å². The number of rotatable bonds is 4. The average Bonchev–Trinajstić information content (AvgIpc) is 3.36. The fourth-order valence-electron chi connectivity index (χ4n) is 3.69. The number of halogens is 1. The van der Waals surface area contributed by atoms with Gasteiger partial charge in [0.05, 0.1) is 24.6 Å². The summed E-state index contributed by atoms with van der Waals surface area (Å²) >= 11 is 0. The number of anilines is 2. The molecule has 0 atom stereocenters. The molecule has 0 radical (unpaired) electrons. The Labute approximate surface area is 176 Å². The number of ether oxygens (including phenoxy) is 2. The molecule has 9 heteroatoms. The van der Waals surface area contributed by atoms with Crippen LogP contribution < -0.4 is 11.1 Å². The van der Waals surface area contributed by atoms with Crippen LogP contribution in [-0.4, -0.2) is 20.6 Å². The maximum absolute atomic E-state index is 14.8. The van der Waals surface area contributed by atoms with Gasteiger partial charge in [-0.25, -0.2) is 19.2 Å². The Balaban J connectivity index is 1.41. The van der Waals surface area contributed by atoms with Crippen LogP contribution in [0.1, 0.15) is 16.8 Å². The van der Waals surface area contributed by atoms with Gasteiger partial charge in [0, 0.05) is 17.3 Å². The molecule has 0 spiro atoms. The normalized spacial score (nSPS) is 12.7. The zero-order valence-electron chi connectivity index (χ0n) is 16.3. The smallest absolute Gasteiger partial charge is 0.412 e. The third kappa shape index (κ3) is 3.44. The summed E-state index contributed by atoms with van der Waals surface area (Å²) in [5.74, 6) is -0.314. The minimum absolute atomic E-state index is 0.00962. The molecule has 0 unspecified atom stereocenters. The SMILES string of the molecule is Nc1ncnc2c3c(n(-c4ccc(NC(=O)OCc5ccccc5)c(F)c4)c12)COC3. The summed E-state index contributed by atoms with van der Waals surface area (Å²) in [4.78, 5) is 20.5. The van der Waals surface area contributed by atoms with Crippen molar-refractivity contribution in [2.45, 2.75) is 19.8 Å². The van der Waals surface area contributed by atoms with Crippen LogP contribution in [0, 0.1) is 5.82 Å². The minimum Gasteiger partial charge on any atom is -0.444 e. The Morgan fingerprint density at radius 3 is 2.84 bits per heavy atom. The van der Waals surface area contributed by atoms with E-state index in [1.807, 2.05) is 30.3 Å². The highest BCUT2D eigenvalue weighted by Gasteiger charge is 2.26. The van der Waals surface area contributed by atoms with E-state index in [0.717, 1.165) is 16.8 Å². The van der Waals surface area contributed by atoms with Gasteiger partial charge in [-0.3, -0.25) is 5.32 Å². The highest BCUT2D eigenvalue weighted by atomic mass is 19.1. The Morgan fingerprint density at radius 1 is 1.19 bits per heavy atom. The molecule has 0 fully saturated rings. The molecule has 0 saturated carbocycles. The van der Waals surface area contributed by atoms with Gasteiger partial charge in [-0.1, -0.05) is 30.3 Å².